The largest absolute Gasteiger partial charge is 0.479 e. The summed E-state index contributed by atoms with van der Waals surface area (Å²) >= 11 is 6.04. The number of halogens is 1. The number of ether oxygens (including phenoxy) is 2. The molecular weight excluding hydrogens is 346 g/mol. The van der Waals surface area contributed by atoms with Crippen molar-refractivity contribution in [1.29, 1.82) is 0 Å². The van der Waals surface area contributed by atoms with Crippen LogP contribution in [0.3, 0.4) is 0 Å². The summed E-state index contributed by atoms with van der Waals surface area (Å²) in [6.45, 7) is 0.124. The molecule has 126 valence electrons. The van der Waals surface area contributed by atoms with Crippen molar-refractivity contribution in [3.8, 4) is 11.5 Å². The molecular formula is C17H12ClN3O4. The second-order valence-electron chi connectivity index (χ2n) is 5.41. The first-order valence-electron chi connectivity index (χ1n) is 7.41. The molecule has 2 aromatic carbocycles. The third kappa shape index (κ3) is 2.89. The standard InChI is InChI=1S/C17H12ClN3O4/c18-10-2-3-12-11(6-10)16(20-7-19-12)21-15(17(22)23)9-1-4-13-14(5-9)25-8-24-13/h1-7,15H,8H2,(H,22,23)(H,19,20,21). The number of aliphatic carboxylic acids is 1. The van der Waals surface area contributed by atoms with Gasteiger partial charge in [0.15, 0.2) is 17.5 Å². The highest BCUT2D eigenvalue weighted by Crippen LogP contribution is 2.35. The van der Waals surface area contributed by atoms with Gasteiger partial charge in [-0.25, -0.2) is 14.8 Å². The summed E-state index contributed by atoms with van der Waals surface area (Å²) in [6, 6.07) is 9.14. The van der Waals surface area contributed by atoms with Crippen LogP contribution in [0.2, 0.25) is 5.02 Å². The molecule has 2 heterocycles. The number of benzene rings is 2. The van der Waals surface area contributed by atoms with E-state index in [2.05, 4.69) is 15.3 Å². The molecule has 1 unspecified atom stereocenters. The van der Waals surface area contributed by atoms with Gasteiger partial charge in [-0.1, -0.05) is 17.7 Å². The van der Waals surface area contributed by atoms with Crippen molar-refractivity contribution in [2.45, 2.75) is 6.04 Å². The Balaban J connectivity index is 1.74. The van der Waals surface area contributed by atoms with Crippen LogP contribution < -0.4 is 14.8 Å². The molecule has 2 N–H and O–H groups in total. The highest BCUT2D eigenvalue weighted by Gasteiger charge is 2.24. The first kappa shape index (κ1) is 15.5. The summed E-state index contributed by atoms with van der Waals surface area (Å²) < 4.78 is 10.6. The number of fused-ring (bicyclic) bond motifs is 2. The van der Waals surface area contributed by atoms with Gasteiger partial charge in [0.25, 0.3) is 0 Å². The predicted molar refractivity (Wildman–Crippen MR) is 91.1 cm³/mol. The number of hydrogen-bond donors (Lipinski definition) is 2. The number of carbonyl (C=O) groups is 1. The molecule has 0 saturated heterocycles. The summed E-state index contributed by atoms with van der Waals surface area (Å²) in [5.74, 6) is 0.443. The van der Waals surface area contributed by atoms with E-state index in [1.807, 2.05) is 0 Å². The molecule has 1 aliphatic heterocycles. The molecule has 1 aromatic heterocycles. The van der Waals surface area contributed by atoms with E-state index >= 15 is 0 Å². The first-order chi connectivity index (χ1) is 12.1. The van der Waals surface area contributed by atoms with Gasteiger partial charge in [0.1, 0.15) is 12.1 Å². The monoisotopic (exact) mass is 357 g/mol. The van der Waals surface area contributed by atoms with E-state index in [0.717, 1.165) is 0 Å². The van der Waals surface area contributed by atoms with Crippen LogP contribution in [-0.2, 0) is 4.79 Å². The number of nitrogens with zero attached hydrogens (tertiary/aromatic N) is 2. The fraction of sp³-hybridized carbons (Fsp3) is 0.118. The number of carboxylic acid groups (broad SMARTS) is 1. The quantitative estimate of drug-likeness (QED) is 0.740. The van der Waals surface area contributed by atoms with Crippen molar-refractivity contribution < 1.29 is 19.4 Å². The maximum Gasteiger partial charge on any atom is 0.330 e. The summed E-state index contributed by atoms with van der Waals surface area (Å²) in [4.78, 5) is 20.1. The molecule has 8 heteroatoms. The molecule has 1 aliphatic rings. The third-order valence-corrected chi connectivity index (χ3v) is 4.09. The van der Waals surface area contributed by atoms with Crippen LogP contribution in [-0.4, -0.2) is 27.8 Å². The van der Waals surface area contributed by atoms with Crippen molar-refractivity contribution in [3.63, 3.8) is 0 Å². The van der Waals surface area contributed by atoms with Gasteiger partial charge in [0.05, 0.1) is 5.52 Å². The highest BCUT2D eigenvalue weighted by atomic mass is 35.5. The smallest absolute Gasteiger partial charge is 0.330 e. The first-order valence-corrected chi connectivity index (χ1v) is 7.79. The van der Waals surface area contributed by atoms with E-state index in [4.69, 9.17) is 21.1 Å². The SMILES string of the molecule is O=C(O)C(Nc1ncnc2ccc(Cl)cc12)c1ccc2c(c1)OCO2. The average molecular weight is 358 g/mol. The number of hydrogen-bond acceptors (Lipinski definition) is 6. The lowest BCUT2D eigenvalue weighted by atomic mass is 10.1. The minimum absolute atomic E-state index is 0.124. The molecule has 3 aromatic rings. The lowest BCUT2D eigenvalue weighted by molar-refractivity contribution is -0.138. The second kappa shape index (κ2) is 6.10. The van der Waals surface area contributed by atoms with E-state index in [1.54, 1.807) is 36.4 Å². The molecule has 4 rings (SSSR count). The van der Waals surface area contributed by atoms with Gasteiger partial charge < -0.3 is 19.9 Å². The van der Waals surface area contributed by atoms with Crippen molar-refractivity contribution in [2.24, 2.45) is 0 Å². The molecule has 0 fully saturated rings. The molecule has 7 nitrogen and oxygen atoms in total. The van der Waals surface area contributed by atoms with Crippen LogP contribution in [0, 0.1) is 0 Å². The number of nitrogens with one attached hydrogen (secondary N) is 1. The van der Waals surface area contributed by atoms with Gasteiger partial charge in [0.2, 0.25) is 6.79 Å². The minimum Gasteiger partial charge on any atom is -0.479 e. The minimum atomic E-state index is -1.05. The second-order valence-corrected chi connectivity index (χ2v) is 5.85. The van der Waals surface area contributed by atoms with E-state index < -0.39 is 12.0 Å². The molecule has 0 saturated carbocycles. The molecule has 0 bridgehead atoms. The molecule has 1 atom stereocenters. The summed E-state index contributed by atoms with van der Waals surface area (Å²) in [5, 5.41) is 13.8. The van der Waals surface area contributed by atoms with Gasteiger partial charge in [-0.05, 0) is 35.9 Å². The maximum atomic E-state index is 11.8. The predicted octanol–water partition coefficient (Wildman–Crippen LogP) is 3.25. The summed E-state index contributed by atoms with van der Waals surface area (Å²) in [7, 11) is 0. The topological polar surface area (TPSA) is 93.6 Å². The van der Waals surface area contributed by atoms with E-state index in [0.29, 0.717) is 38.8 Å². The highest BCUT2D eigenvalue weighted by molar-refractivity contribution is 6.31. The molecule has 0 spiro atoms. The Morgan fingerprint density at radius 2 is 2.00 bits per heavy atom. The summed E-state index contributed by atoms with van der Waals surface area (Å²) in [5.41, 5.74) is 1.18. The Bertz CT molecular complexity index is 979. The Morgan fingerprint density at radius 1 is 1.16 bits per heavy atom. The van der Waals surface area contributed by atoms with E-state index in [-0.39, 0.29) is 6.79 Å². The van der Waals surface area contributed by atoms with Crippen LogP contribution in [0.15, 0.2) is 42.7 Å². The number of carboxylic acids is 1. The maximum absolute atomic E-state index is 11.8. The zero-order valence-corrected chi connectivity index (χ0v) is 13.5. The van der Waals surface area contributed by atoms with Gasteiger partial charge in [-0.15, -0.1) is 0 Å². The van der Waals surface area contributed by atoms with Crippen molar-refractivity contribution >= 4 is 34.3 Å². The number of aromatic nitrogens is 2. The molecule has 0 radical (unpaired) electrons. The van der Waals surface area contributed by atoms with Crippen molar-refractivity contribution in [3.05, 3.63) is 53.3 Å². The zero-order chi connectivity index (χ0) is 17.4. The van der Waals surface area contributed by atoms with Gasteiger partial charge in [-0.3, -0.25) is 0 Å². The Hall–Kier alpha value is -3.06. The summed E-state index contributed by atoms with van der Waals surface area (Å²) in [6.07, 6.45) is 1.37. The van der Waals surface area contributed by atoms with Crippen LogP contribution in [0.5, 0.6) is 11.5 Å². The number of anilines is 1. The lowest BCUT2D eigenvalue weighted by Gasteiger charge is -2.17. The Kier molecular flexibility index (Phi) is 3.77. The van der Waals surface area contributed by atoms with E-state index in [9.17, 15) is 9.90 Å². The Labute approximate surface area is 147 Å². The lowest BCUT2D eigenvalue weighted by Crippen LogP contribution is -2.21. The fourth-order valence-corrected chi connectivity index (χ4v) is 2.83. The van der Waals surface area contributed by atoms with Gasteiger partial charge in [-0.2, -0.15) is 0 Å². The molecule has 25 heavy (non-hydrogen) atoms. The normalized spacial score (nSPS) is 13.6. The van der Waals surface area contributed by atoms with Crippen molar-refractivity contribution in [2.75, 3.05) is 12.1 Å². The van der Waals surface area contributed by atoms with E-state index in [1.165, 1.54) is 6.33 Å². The van der Waals surface area contributed by atoms with Crippen LogP contribution >= 0.6 is 11.6 Å². The van der Waals surface area contributed by atoms with Gasteiger partial charge >= 0.3 is 5.97 Å². The molecule has 0 amide bonds. The Morgan fingerprint density at radius 3 is 2.84 bits per heavy atom. The third-order valence-electron chi connectivity index (χ3n) is 3.86. The van der Waals surface area contributed by atoms with Crippen LogP contribution in [0.1, 0.15) is 11.6 Å². The van der Waals surface area contributed by atoms with Crippen LogP contribution in [0.25, 0.3) is 10.9 Å². The van der Waals surface area contributed by atoms with Crippen LogP contribution in [0.4, 0.5) is 5.82 Å². The average Bonchev–Trinajstić information content (AvgIpc) is 3.07. The number of rotatable bonds is 4. The molecule has 0 aliphatic carbocycles. The van der Waals surface area contributed by atoms with Crippen molar-refractivity contribution in [1.82, 2.24) is 9.97 Å². The fourth-order valence-electron chi connectivity index (χ4n) is 2.66. The van der Waals surface area contributed by atoms with Gasteiger partial charge in [0, 0.05) is 10.4 Å². The zero-order valence-electron chi connectivity index (χ0n) is 12.8.